The van der Waals surface area contributed by atoms with Gasteiger partial charge in [-0.05, 0) is 61.7 Å². The molecule has 4 nitrogen and oxygen atoms in total. The molecule has 0 saturated carbocycles. The van der Waals surface area contributed by atoms with Crippen molar-refractivity contribution < 1.29 is 9.90 Å². The van der Waals surface area contributed by atoms with E-state index < -0.39 is 0 Å². The van der Waals surface area contributed by atoms with E-state index in [1.165, 1.54) is 0 Å². The smallest absolute Gasteiger partial charge is 0.319 e. The minimum Gasteiger partial charge on any atom is -0.508 e. The molecule has 2 aromatic rings. The number of amides is 2. The fourth-order valence-corrected chi connectivity index (χ4v) is 2.17. The average molecular weight is 319 g/mol. The molecule has 5 heteroatoms. The second-order valence-electron chi connectivity index (χ2n) is 5.21. The number of carbonyl (C=O) groups is 1. The van der Waals surface area contributed by atoms with Crippen molar-refractivity contribution in [3.05, 3.63) is 59.1 Å². The molecule has 0 aromatic heterocycles. The molecule has 0 bridgehead atoms. The Labute approximate surface area is 135 Å². The fourth-order valence-electron chi connectivity index (χ4n) is 2.04. The van der Waals surface area contributed by atoms with Crippen LogP contribution in [0.25, 0.3) is 0 Å². The number of aryl methyl sites for hydroxylation is 1. The minimum atomic E-state index is -0.236. The van der Waals surface area contributed by atoms with Crippen LogP contribution in [0.4, 0.5) is 10.5 Å². The van der Waals surface area contributed by atoms with Crippen molar-refractivity contribution in [2.75, 3.05) is 5.32 Å². The number of phenolic OH excluding ortho intramolecular Hbond substituents is 1. The zero-order valence-electron chi connectivity index (χ0n) is 12.3. The second kappa shape index (κ2) is 7.71. The van der Waals surface area contributed by atoms with Gasteiger partial charge in [0, 0.05) is 16.8 Å². The summed E-state index contributed by atoms with van der Waals surface area (Å²) >= 11 is 5.80. The van der Waals surface area contributed by atoms with Gasteiger partial charge in [0.1, 0.15) is 5.75 Å². The first-order chi connectivity index (χ1) is 10.5. The number of phenols is 1. The standard InChI is InChI=1S/C17H19ClN2O2/c1-12(2-3-13-4-10-16(21)11-5-13)19-17(22)20-15-8-6-14(18)7-9-15/h4-12,21H,2-3H2,1H3,(H2,19,20,22)/t12-/m1/s1. The van der Waals surface area contributed by atoms with Crippen LogP contribution >= 0.6 is 11.6 Å². The molecule has 1 atom stereocenters. The summed E-state index contributed by atoms with van der Waals surface area (Å²) in [7, 11) is 0. The summed E-state index contributed by atoms with van der Waals surface area (Å²) in [6, 6.07) is 13.9. The lowest BCUT2D eigenvalue weighted by Crippen LogP contribution is -2.36. The Kier molecular flexibility index (Phi) is 5.67. The van der Waals surface area contributed by atoms with Crippen molar-refractivity contribution >= 4 is 23.3 Å². The highest BCUT2D eigenvalue weighted by molar-refractivity contribution is 6.30. The van der Waals surface area contributed by atoms with E-state index in [-0.39, 0.29) is 17.8 Å². The summed E-state index contributed by atoms with van der Waals surface area (Å²) in [5.41, 5.74) is 1.83. The molecule has 0 radical (unpaired) electrons. The predicted molar refractivity (Wildman–Crippen MR) is 89.5 cm³/mol. The molecule has 0 saturated heterocycles. The molecule has 2 aromatic carbocycles. The van der Waals surface area contributed by atoms with Gasteiger partial charge in [0.2, 0.25) is 0 Å². The van der Waals surface area contributed by atoms with Gasteiger partial charge in [0.25, 0.3) is 0 Å². The maximum Gasteiger partial charge on any atom is 0.319 e. The van der Waals surface area contributed by atoms with Crippen LogP contribution in [0.1, 0.15) is 18.9 Å². The summed E-state index contributed by atoms with van der Waals surface area (Å²) in [5, 5.41) is 15.5. The first-order valence-corrected chi connectivity index (χ1v) is 7.52. The lowest BCUT2D eigenvalue weighted by atomic mass is 10.1. The molecule has 0 aliphatic heterocycles. The van der Waals surface area contributed by atoms with Gasteiger partial charge in [-0.1, -0.05) is 23.7 Å². The highest BCUT2D eigenvalue weighted by Gasteiger charge is 2.07. The molecule has 3 N–H and O–H groups in total. The van der Waals surface area contributed by atoms with Crippen molar-refractivity contribution in [3.8, 4) is 5.75 Å². The van der Waals surface area contributed by atoms with E-state index in [0.717, 1.165) is 18.4 Å². The summed E-state index contributed by atoms with van der Waals surface area (Å²) in [6.45, 7) is 1.96. The zero-order valence-corrected chi connectivity index (χ0v) is 13.1. The molecular weight excluding hydrogens is 300 g/mol. The number of anilines is 1. The van der Waals surface area contributed by atoms with Gasteiger partial charge in [0.15, 0.2) is 0 Å². The van der Waals surface area contributed by atoms with Gasteiger partial charge in [-0.25, -0.2) is 4.79 Å². The van der Waals surface area contributed by atoms with Crippen LogP contribution in [-0.4, -0.2) is 17.2 Å². The number of aromatic hydroxyl groups is 1. The number of rotatable bonds is 5. The predicted octanol–water partition coefficient (Wildman–Crippen LogP) is 4.19. The van der Waals surface area contributed by atoms with Crippen LogP contribution in [0.15, 0.2) is 48.5 Å². The van der Waals surface area contributed by atoms with Crippen molar-refractivity contribution in [2.24, 2.45) is 0 Å². The van der Waals surface area contributed by atoms with E-state index >= 15 is 0 Å². The van der Waals surface area contributed by atoms with E-state index in [1.54, 1.807) is 36.4 Å². The lowest BCUT2D eigenvalue weighted by Gasteiger charge is -2.14. The summed E-state index contributed by atoms with van der Waals surface area (Å²) in [5.74, 6) is 0.261. The van der Waals surface area contributed by atoms with Crippen molar-refractivity contribution in [3.63, 3.8) is 0 Å². The van der Waals surface area contributed by atoms with Crippen LogP contribution in [0.2, 0.25) is 5.02 Å². The molecule has 2 amide bonds. The first-order valence-electron chi connectivity index (χ1n) is 7.14. The Hall–Kier alpha value is -2.20. The van der Waals surface area contributed by atoms with E-state index in [4.69, 9.17) is 11.6 Å². The van der Waals surface area contributed by atoms with E-state index in [0.29, 0.717) is 10.7 Å². The van der Waals surface area contributed by atoms with Crippen molar-refractivity contribution in [1.29, 1.82) is 0 Å². The number of carbonyl (C=O) groups excluding carboxylic acids is 1. The van der Waals surface area contributed by atoms with Gasteiger partial charge < -0.3 is 15.7 Å². The maximum atomic E-state index is 11.9. The molecule has 2 rings (SSSR count). The van der Waals surface area contributed by atoms with Gasteiger partial charge in [0.05, 0.1) is 0 Å². The zero-order chi connectivity index (χ0) is 15.9. The Morgan fingerprint density at radius 1 is 1.14 bits per heavy atom. The molecule has 0 unspecified atom stereocenters. The van der Waals surface area contributed by atoms with E-state index in [9.17, 15) is 9.90 Å². The molecule has 0 fully saturated rings. The Bertz CT molecular complexity index is 612. The topological polar surface area (TPSA) is 61.4 Å². The SMILES string of the molecule is C[C@H](CCc1ccc(O)cc1)NC(=O)Nc1ccc(Cl)cc1. The van der Waals surface area contributed by atoms with Crippen LogP contribution in [0.3, 0.4) is 0 Å². The molecule has 116 valence electrons. The molecule has 0 spiro atoms. The van der Waals surface area contributed by atoms with Crippen LogP contribution in [0, 0.1) is 0 Å². The number of urea groups is 1. The van der Waals surface area contributed by atoms with Crippen LogP contribution in [0.5, 0.6) is 5.75 Å². The summed E-state index contributed by atoms with van der Waals surface area (Å²) in [6.07, 6.45) is 1.65. The second-order valence-corrected chi connectivity index (χ2v) is 5.65. The minimum absolute atomic E-state index is 0.0427. The first kappa shape index (κ1) is 16.2. The third-order valence-electron chi connectivity index (χ3n) is 3.28. The van der Waals surface area contributed by atoms with E-state index in [1.807, 2.05) is 19.1 Å². The van der Waals surface area contributed by atoms with Crippen molar-refractivity contribution in [2.45, 2.75) is 25.8 Å². The molecule has 0 aliphatic rings. The molecular formula is C17H19ClN2O2. The van der Waals surface area contributed by atoms with Crippen molar-refractivity contribution in [1.82, 2.24) is 5.32 Å². The highest BCUT2D eigenvalue weighted by Crippen LogP contribution is 2.14. The van der Waals surface area contributed by atoms with Crippen LogP contribution in [-0.2, 0) is 6.42 Å². The Balaban J connectivity index is 1.76. The quantitative estimate of drug-likeness (QED) is 0.774. The fraction of sp³-hybridized carbons (Fsp3) is 0.235. The normalized spacial score (nSPS) is 11.7. The largest absolute Gasteiger partial charge is 0.508 e. The van der Waals surface area contributed by atoms with Gasteiger partial charge in [-0.15, -0.1) is 0 Å². The van der Waals surface area contributed by atoms with Crippen LogP contribution < -0.4 is 10.6 Å². The highest BCUT2D eigenvalue weighted by atomic mass is 35.5. The Morgan fingerprint density at radius 3 is 2.41 bits per heavy atom. The number of hydrogen-bond acceptors (Lipinski definition) is 2. The Morgan fingerprint density at radius 2 is 1.77 bits per heavy atom. The monoisotopic (exact) mass is 318 g/mol. The van der Waals surface area contributed by atoms with Gasteiger partial charge >= 0.3 is 6.03 Å². The third-order valence-corrected chi connectivity index (χ3v) is 3.53. The molecule has 0 aliphatic carbocycles. The summed E-state index contributed by atoms with van der Waals surface area (Å²) in [4.78, 5) is 11.9. The molecule has 22 heavy (non-hydrogen) atoms. The number of benzene rings is 2. The number of halogens is 1. The number of hydrogen-bond donors (Lipinski definition) is 3. The third kappa shape index (κ3) is 5.30. The number of nitrogens with one attached hydrogen (secondary N) is 2. The summed E-state index contributed by atoms with van der Waals surface area (Å²) < 4.78 is 0. The van der Waals surface area contributed by atoms with E-state index in [2.05, 4.69) is 10.6 Å². The van der Waals surface area contributed by atoms with Gasteiger partial charge in [-0.2, -0.15) is 0 Å². The average Bonchev–Trinajstić information content (AvgIpc) is 2.49. The maximum absolute atomic E-state index is 11.9. The molecule has 0 heterocycles. The lowest BCUT2D eigenvalue weighted by molar-refractivity contribution is 0.248. The van der Waals surface area contributed by atoms with Gasteiger partial charge in [-0.3, -0.25) is 0 Å².